The van der Waals surface area contributed by atoms with Crippen molar-refractivity contribution in [3.63, 3.8) is 0 Å². The highest BCUT2D eigenvalue weighted by molar-refractivity contribution is 5.97. The highest BCUT2D eigenvalue weighted by Crippen LogP contribution is 2.26. The van der Waals surface area contributed by atoms with Crippen molar-refractivity contribution in [3.05, 3.63) is 144 Å². The molecule has 0 aliphatic carbocycles. The minimum atomic E-state index is -0.889. The highest BCUT2D eigenvalue weighted by atomic mass is 16.5. The van der Waals surface area contributed by atoms with E-state index in [0.717, 1.165) is 11.1 Å². The molecule has 4 rings (SSSR count). The largest absolute Gasteiger partial charge is 0.481 e. The molecule has 0 amide bonds. The molecule has 0 aromatic heterocycles. The van der Waals surface area contributed by atoms with E-state index in [1.54, 1.807) is 24.3 Å². The van der Waals surface area contributed by atoms with Crippen molar-refractivity contribution < 1.29 is 29.0 Å². The summed E-state index contributed by atoms with van der Waals surface area (Å²) in [5, 5.41) is 9.02. The molecule has 0 aliphatic heterocycles. The fraction of sp³-hybridized carbons (Fsp3) is 0.200. The van der Waals surface area contributed by atoms with Crippen LogP contribution >= 0.6 is 0 Å². The van der Waals surface area contributed by atoms with Gasteiger partial charge in [-0.2, -0.15) is 0 Å². The number of carboxylic acid groups (broad SMARTS) is 1. The van der Waals surface area contributed by atoms with Crippen LogP contribution < -0.4 is 0 Å². The van der Waals surface area contributed by atoms with Crippen LogP contribution in [0.15, 0.2) is 121 Å². The monoisotopic (exact) mass is 550 g/mol. The van der Waals surface area contributed by atoms with Crippen molar-refractivity contribution in [3.8, 4) is 0 Å². The molecule has 210 valence electrons. The first-order chi connectivity index (χ1) is 19.9. The summed E-state index contributed by atoms with van der Waals surface area (Å²) in [5.74, 6) is -1.63. The number of carbonyl (C=O) groups is 4. The van der Waals surface area contributed by atoms with E-state index in [1.807, 2.05) is 97.1 Å². The van der Waals surface area contributed by atoms with Crippen LogP contribution in [-0.4, -0.2) is 35.7 Å². The predicted molar refractivity (Wildman–Crippen MR) is 158 cm³/mol. The van der Waals surface area contributed by atoms with Crippen LogP contribution in [0.2, 0.25) is 0 Å². The van der Waals surface area contributed by atoms with Gasteiger partial charge in [0.2, 0.25) is 0 Å². The standard InChI is InChI=1S/C18H18O3.C17H16O3/c1-21-18(20)13-16(14-8-4-2-5-9-14)12-17(19)15-10-6-3-7-11-15;18-16(14-9-5-2-6-10-14)11-15(12-17(19)20)13-7-3-1-4-8-13/h2-11,16H,12-13H2,1H3;1-10,15H,11-12H2,(H,19,20). The molecule has 4 aromatic carbocycles. The Hall–Kier alpha value is -4.84. The summed E-state index contributed by atoms with van der Waals surface area (Å²) >= 11 is 0. The Morgan fingerprint density at radius 2 is 0.878 bits per heavy atom. The van der Waals surface area contributed by atoms with Crippen molar-refractivity contribution in [1.29, 1.82) is 0 Å². The first kappa shape index (κ1) is 30.7. The van der Waals surface area contributed by atoms with Gasteiger partial charge in [0.15, 0.2) is 11.6 Å². The average molecular weight is 551 g/mol. The number of carboxylic acids is 1. The number of carbonyl (C=O) groups excluding carboxylic acids is 3. The minimum absolute atomic E-state index is 0.0271. The number of rotatable bonds is 12. The highest BCUT2D eigenvalue weighted by Gasteiger charge is 2.21. The van der Waals surface area contributed by atoms with E-state index >= 15 is 0 Å². The summed E-state index contributed by atoms with van der Waals surface area (Å²) in [4.78, 5) is 47.1. The Labute approximate surface area is 240 Å². The van der Waals surface area contributed by atoms with Gasteiger partial charge in [0, 0.05) is 35.8 Å². The molecular weight excluding hydrogens is 516 g/mol. The molecule has 4 aromatic rings. The van der Waals surface area contributed by atoms with E-state index in [1.165, 1.54) is 7.11 Å². The number of Topliss-reactive ketones (excluding diaryl/α,β-unsaturated/α-hetero) is 2. The fourth-order valence-corrected chi connectivity index (χ4v) is 4.49. The number of ketones is 2. The van der Waals surface area contributed by atoms with Crippen LogP contribution in [0.3, 0.4) is 0 Å². The smallest absolute Gasteiger partial charge is 0.306 e. The molecule has 0 heterocycles. The molecule has 2 unspecified atom stereocenters. The first-order valence-electron chi connectivity index (χ1n) is 13.4. The van der Waals surface area contributed by atoms with Crippen LogP contribution in [0.25, 0.3) is 0 Å². The van der Waals surface area contributed by atoms with E-state index in [9.17, 15) is 19.2 Å². The quantitative estimate of drug-likeness (QED) is 0.149. The Bertz CT molecular complexity index is 1390. The molecule has 0 radical (unpaired) electrons. The van der Waals surface area contributed by atoms with Gasteiger partial charge in [0.25, 0.3) is 0 Å². The van der Waals surface area contributed by atoms with Gasteiger partial charge in [-0.1, -0.05) is 121 Å². The molecule has 0 fully saturated rings. The second-order valence-electron chi connectivity index (χ2n) is 9.58. The maximum absolute atomic E-state index is 12.3. The lowest BCUT2D eigenvalue weighted by Crippen LogP contribution is -2.13. The van der Waals surface area contributed by atoms with Crippen LogP contribution in [-0.2, 0) is 14.3 Å². The topological polar surface area (TPSA) is 97.7 Å². The average Bonchev–Trinajstić information content (AvgIpc) is 3.02. The van der Waals surface area contributed by atoms with Gasteiger partial charge in [-0.05, 0) is 11.1 Å². The number of hydrogen-bond donors (Lipinski definition) is 1. The summed E-state index contributed by atoms with van der Waals surface area (Å²) in [6, 6.07) is 37.0. The predicted octanol–water partition coefficient (Wildman–Crippen LogP) is 7.12. The van der Waals surface area contributed by atoms with Crippen molar-refractivity contribution in [2.75, 3.05) is 7.11 Å². The van der Waals surface area contributed by atoms with E-state index in [2.05, 4.69) is 0 Å². The lowest BCUT2D eigenvalue weighted by atomic mass is 9.89. The van der Waals surface area contributed by atoms with Crippen LogP contribution in [0.5, 0.6) is 0 Å². The zero-order chi connectivity index (χ0) is 29.5. The second-order valence-corrected chi connectivity index (χ2v) is 9.58. The number of esters is 1. The van der Waals surface area contributed by atoms with Gasteiger partial charge < -0.3 is 9.84 Å². The fourth-order valence-electron chi connectivity index (χ4n) is 4.49. The SMILES string of the molecule is COC(=O)CC(CC(=O)c1ccccc1)c1ccccc1.O=C(O)CC(CC(=O)c1ccccc1)c1ccccc1. The van der Waals surface area contributed by atoms with Crippen molar-refractivity contribution in [2.24, 2.45) is 0 Å². The van der Waals surface area contributed by atoms with Crippen LogP contribution in [0.4, 0.5) is 0 Å². The van der Waals surface area contributed by atoms with E-state index in [-0.39, 0.29) is 48.6 Å². The Kier molecular flexibility index (Phi) is 12.2. The molecule has 0 saturated heterocycles. The van der Waals surface area contributed by atoms with Gasteiger partial charge in [0.1, 0.15) is 0 Å². The maximum Gasteiger partial charge on any atom is 0.306 e. The van der Waals surface area contributed by atoms with Gasteiger partial charge in [-0.25, -0.2) is 0 Å². The Morgan fingerprint density at radius 1 is 0.537 bits per heavy atom. The third kappa shape index (κ3) is 10.3. The Morgan fingerprint density at radius 3 is 1.22 bits per heavy atom. The van der Waals surface area contributed by atoms with Crippen LogP contribution in [0.1, 0.15) is 69.4 Å². The molecule has 0 saturated carbocycles. The number of benzene rings is 4. The summed E-state index contributed by atoms with van der Waals surface area (Å²) < 4.78 is 4.74. The van der Waals surface area contributed by atoms with Crippen molar-refractivity contribution in [2.45, 2.75) is 37.5 Å². The third-order valence-corrected chi connectivity index (χ3v) is 6.66. The van der Waals surface area contributed by atoms with E-state index in [4.69, 9.17) is 9.84 Å². The molecule has 6 heteroatoms. The summed E-state index contributed by atoms with van der Waals surface area (Å²) in [6.07, 6.45) is 0.672. The zero-order valence-corrected chi connectivity index (χ0v) is 23.0. The van der Waals surface area contributed by atoms with Crippen LogP contribution in [0, 0.1) is 0 Å². The molecular formula is C35H34O6. The number of ether oxygens (including phenoxy) is 1. The molecule has 0 aliphatic rings. The lowest BCUT2D eigenvalue weighted by Gasteiger charge is -2.15. The molecule has 0 spiro atoms. The molecule has 0 bridgehead atoms. The van der Waals surface area contributed by atoms with Gasteiger partial charge >= 0.3 is 11.9 Å². The maximum atomic E-state index is 12.3. The zero-order valence-electron chi connectivity index (χ0n) is 23.0. The van der Waals surface area contributed by atoms with E-state index < -0.39 is 5.97 Å². The molecule has 2 atom stereocenters. The third-order valence-electron chi connectivity index (χ3n) is 6.66. The first-order valence-corrected chi connectivity index (χ1v) is 13.4. The van der Waals surface area contributed by atoms with Crippen molar-refractivity contribution in [1.82, 2.24) is 0 Å². The molecule has 1 N–H and O–H groups in total. The number of aliphatic carboxylic acids is 1. The lowest BCUT2D eigenvalue weighted by molar-refractivity contribution is -0.141. The Balaban J connectivity index is 0.000000226. The summed E-state index contributed by atoms with van der Waals surface area (Å²) in [7, 11) is 1.36. The van der Waals surface area contributed by atoms with Crippen molar-refractivity contribution >= 4 is 23.5 Å². The molecule has 41 heavy (non-hydrogen) atoms. The second kappa shape index (κ2) is 16.3. The minimum Gasteiger partial charge on any atom is -0.481 e. The number of methoxy groups -OCH3 is 1. The van der Waals surface area contributed by atoms with E-state index in [0.29, 0.717) is 17.5 Å². The van der Waals surface area contributed by atoms with Gasteiger partial charge in [0.05, 0.1) is 20.0 Å². The summed E-state index contributed by atoms with van der Waals surface area (Å²) in [6.45, 7) is 0. The number of hydrogen-bond acceptors (Lipinski definition) is 5. The summed E-state index contributed by atoms with van der Waals surface area (Å²) in [5.41, 5.74) is 3.16. The van der Waals surface area contributed by atoms with Gasteiger partial charge in [-0.15, -0.1) is 0 Å². The molecule has 6 nitrogen and oxygen atoms in total. The normalized spacial score (nSPS) is 11.7. The van der Waals surface area contributed by atoms with Gasteiger partial charge in [-0.3, -0.25) is 19.2 Å².